The molecule has 0 nitrogen and oxygen atoms in total. The second kappa shape index (κ2) is 4.85. The van der Waals surface area contributed by atoms with E-state index in [4.69, 9.17) is 34.8 Å². The van der Waals surface area contributed by atoms with Gasteiger partial charge < -0.3 is 0 Å². The maximum absolute atomic E-state index is 13.3. The minimum absolute atomic E-state index is 0.322. The van der Waals surface area contributed by atoms with Gasteiger partial charge in [-0.3, -0.25) is 0 Å². The van der Waals surface area contributed by atoms with Crippen LogP contribution >= 0.6 is 34.8 Å². The third kappa shape index (κ3) is 2.57. The zero-order chi connectivity index (χ0) is 12.6. The highest BCUT2D eigenvalue weighted by Gasteiger charge is 2.11. The molecule has 0 amide bonds. The number of benzene rings is 2. The van der Waals surface area contributed by atoms with Crippen molar-refractivity contribution >= 4 is 34.8 Å². The van der Waals surface area contributed by atoms with Gasteiger partial charge in [0.25, 0.3) is 0 Å². The number of hydrogen-bond acceptors (Lipinski definition) is 0. The Kier molecular flexibility index (Phi) is 3.62. The SMILES string of the molecule is Cc1ccc(F)cc1-c1cc(Cl)cc(Cl)c1Cl. The average Bonchev–Trinajstić information content (AvgIpc) is 2.27. The fraction of sp³-hybridized carbons (Fsp3) is 0.0769. The summed E-state index contributed by atoms with van der Waals surface area (Å²) in [6.45, 7) is 1.87. The number of halogens is 4. The molecular formula is C13H8Cl3F. The summed E-state index contributed by atoms with van der Waals surface area (Å²) < 4.78 is 13.3. The molecule has 0 aromatic heterocycles. The van der Waals surface area contributed by atoms with E-state index in [0.717, 1.165) is 5.56 Å². The standard InChI is InChI=1S/C13H8Cl3F/c1-7-2-3-9(17)6-10(7)11-4-8(14)5-12(15)13(11)16/h2-6H,1H3. The van der Waals surface area contributed by atoms with Crippen LogP contribution in [0, 0.1) is 12.7 Å². The van der Waals surface area contributed by atoms with E-state index < -0.39 is 0 Å². The predicted octanol–water partition coefficient (Wildman–Crippen LogP) is 5.76. The molecule has 0 aliphatic carbocycles. The maximum atomic E-state index is 13.3. The molecule has 2 aromatic rings. The van der Waals surface area contributed by atoms with Crippen molar-refractivity contribution < 1.29 is 4.39 Å². The molecule has 17 heavy (non-hydrogen) atoms. The van der Waals surface area contributed by atoms with E-state index in [2.05, 4.69) is 0 Å². The molecule has 0 saturated carbocycles. The minimum Gasteiger partial charge on any atom is -0.207 e. The molecule has 0 atom stereocenters. The Morgan fingerprint density at radius 3 is 2.35 bits per heavy atom. The highest BCUT2D eigenvalue weighted by Crippen LogP contribution is 2.37. The molecule has 0 spiro atoms. The molecule has 0 N–H and O–H groups in total. The smallest absolute Gasteiger partial charge is 0.123 e. The Balaban J connectivity index is 2.72. The maximum Gasteiger partial charge on any atom is 0.123 e. The monoisotopic (exact) mass is 288 g/mol. The van der Waals surface area contributed by atoms with Gasteiger partial charge >= 0.3 is 0 Å². The van der Waals surface area contributed by atoms with Gasteiger partial charge in [0.05, 0.1) is 10.0 Å². The minimum atomic E-state index is -0.322. The fourth-order valence-electron chi connectivity index (χ4n) is 1.64. The molecule has 0 heterocycles. The van der Waals surface area contributed by atoms with Gasteiger partial charge in [-0.1, -0.05) is 40.9 Å². The molecule has 0 fully saturated rings. The van der Waals surface area contributed by atoms with Crippen molar-refractivity contribution in [1.82, 2.24) is 0 Å². The first kappa shape index (κ1) is 12.7. The van der Waals surface area contributed by atoms with Crippen molar-refractivity contribution in [1.29, 1.82) is 0 Å². The van der Waals surface area contributed by atoms with Crippen LogP contribution in [0.1, 0.15) is 5.56 Å². The van der Waals surface area contributed by atoms with Crippen molar-refractivity contribution in [2.45, 2.75) is 6.92 Å². The molecule has 0 aliphatic rings. The quantitative estimate of drug-likeness (QED) is 0.585. The van der Waals surface area contributed by atoms with Gasteiger partial charge in [-0.05, 0) is 42.3 Å². The summed E-state index contributed by atoms with van der Waals surface area (Å²) in [7, 11) is 0. The van der Waals surface area contributed by atoms with E-state index in [1.54, 1.807) is 18.2 Å². The zero-order valence-electron chi connectivity index (χ0n) is 8.90. The summed E-state index contributed by atoms with van der Waals surface area (Å²) in [4.78, 5) is 0. The van der Waals surface area contributed by atoms with Crippen molar-refractivity contribution in [3.05, 3.63) is 56.8 Å². The first-order valence-corrected chi connectivity index (χ1v) is 6.03. The van der Waals surface area contributed by atoms with Crippen molar-refractivity contribution in [2.75, 3.05) is 0 Å². The second-order valence-electron chi connectivity index (χ2n) is 3.71. The van der Waals surface area contributed by atoms with Gasteiger partial charge in [0.15, 0.2) is 0 Å². The van der Waals surface area contributed by atoms with Gasteiger partial charge in [0.1, 0.15) is 5.82 Å². The lowest BCUT2D eigenvalue weighted by molar-refractivity contribution is 0.628. The lowest BCUT2D eigenvalue weighted by Gasteiger charge is -2.10. The van der Waals surface area contributed by atoms with Crippen molar-refractivity contribution in [3.8, 4) is 11.1 Å². The Labute approximate surface area is 114 Å². The molecule has 0 bridgehead atoms. The summed E-state index contributed by atoms with van der Waals surface area (Å²) in [5, 5.41) is 1.21. The van der Waals surface area contributed by atoms with Crippen LogP contribution < -0.4 is 0 Å². The third-order valence-corrected chi connectivity index (χ3v) is 3.50. The van der Waals surface area contributed by atoms with E-state index in [1.165, 1.54) is 12.1 Å². The molecule has 4 heteroatoms. The average molecular weight is 290 g/mol. The van der Waals surface area contributed by atoms with Crippen LogP contribution in [0.3, 0.4) is 0 Å². The molecule has 0 unspecified atom stereocenters. The highest BCUT2D eigenvalue weighted by molar-refractivity contribution is 6.45. The molecule has 2 rings (SSSR count). The van der Waals surface area contributed by atoms with E-state index in [9.17, 15) is 4.39 Å². The first-order chi connectivity index (χ1) is 7.99. The van der Waals surface area contributed by atoms with Crippen LogP contribution in [-0.2, 0) is 0 Å². The molecule has 0 aliphatic heterocycles. The Bertz CT molecular complexity index is 579. The Morgan fingerprint density at radius 2 is 1.65 bits per heavy atom. The number of hydrogen-bond donors (Lipinski definition) is 0. The summed E-state index contributed by atoms with van der Waals surface area (Å²) in [5.74, 6) is -0.322. The summed E-state index contributed by atoms with van der Waals surface area (Å²) in [6.07, 6.45) is 0. The van der Waals surface area contributed by atoms with Crippen LogP contribution in [0.5, 0.6) is 0 Å². The van der Waals surface area contributed by atoms with Crippen LogP contribution in [0.4, 0.5) is 4.39 Å². The Hall–Kier alpha value is -0.760. The molecule has 88 valence electrons. The van der Waals surface area contributed by atoms with E-state index >= 15 is 0 Å². The van der Waals surface area contributed by atoms with Gasteiger partial charge in [0.2, 0.25) is 0 Å². The van der Waals surface area contributed by atoms with Crippen LogP contribution in [0.15, 0.2) is 30.3 Å². The van der Waals surface area contributed by atoms with Crippen molar-refractivity contribution in [3.63, 3.8) is 0 Å². The summed E-state index contributed by atoms with van der Waals surface area (Å²) in [6, 6.07) is 7.75. The highest BCUT2D eigenvalue weighted by atomic mass is 35.5. The number of rotatable bonds is 1. The van der Waals surface area contributed by atoms with Gasteiger partial charge in [-0.15, -0.1) is 0 Å². The van der Waals surface area contributed by atoms with E-state index in [0.29, 0.717) is 26.2 Å². The van der Waals surface area contributed by atoms with Crippen LogP contribution in [0.25, 0.3) is 11.1 Å². The second-order valence-corrected chi connectivity index (χ2v) is 4.93. The van der Waals surface area contributed by atoms with Gasteiger partial charge in [0, 0.05) is 10.6 Å². The van der Waals surface area contributed by atoms with E-state index in [1.807, 2.05) is 6.92 Å². The molecule has 2 aromatic carbocycles. The topological polar surface area (TPSA) is 0 Å². The molecular weight excluding hydrogens is 282 g/mol. The lowest BCUT2D eigenvalue weighted by atomic mass is 10.0. The normalized spacial score (nSPS) is 10.6. The van der Waals surface area contributed by atoms with Crippen LogP contribution in [-0.4, -0.2) is 0 Å². The van der Waals surface area contributed by atoms with E-state index in [-0.39, 0.29) is 5.82 Å². The number of aryl methyl sites for hydroxylation is 1. The summed E-state index contributed by atoms with van der Waals surface area (Å²) >= 11 is 18.0. The summed E-state index contributed by atoms with van der Waals surface area (Å²) in [5.41, 5.74) is 2.24. The van der Waals surface area contributed by atoms with Gasteiger partial charge in [-0.25, -0.2) is 4.39 Å². The Morgan fingerprint density at radius 1 is 0.941 bits per heavy atom. The zero-order valence-corrected chi connectivity index (χ0v) is 11.2. The van der Waals surface area contributed by atoms with Crippen molar-refractivity contribution in [2.24, 2.45) is 0 Å². The van der Waals surface area contributed by atoms with Gasteiger partial charge in [-0.2, -0.15) is 0 Å². The fourth-order valence-corrected chi connectivity index (χ4v) is 2.34. The lowest BCUT2D eigenvalue weighted by Crippen LogP contribution is -1.87. The van der Waals surface area contributed by atoms with Crippen LogP contribution in [0.2, 0.25) is 15.1 Å². The first-order valence-electron chi connectivity index (χ1n) is 4.90. The predicted molar refractivity (Wildman–Crippen MR) is 71.6 cm³/mol. The largest absolute Gasteiger partial charge is 0.207 e. The third-order valence-electron chi connectivity index (χ3n) is 2.48. The molecule has 0 saturated heterocycles. The molecule has 0 radical (unpaired) electrons.